The fourth-order valence-corrected chi connectivity index (χ4v) is 8.56. The number of hydrogen-bond donors (Lipinski definition) is 0. The zero-order valence-corrected chi connectivity index (χ0v) is 40.3. The van der Waals surface area contributed by atoms with Crippen molar-refractivity contribution in [3.8, 4) is 44.5 Å². The smallest absolute Gasteiger partial charge is 0.200 e. The van der Waals surface area contributed by atoms with Crippen LogP contribution < -0.4 is 9.97 Å². The van der Waals surface area contributed by atoms with Gasteiger partial charge in [-0.1, -0.05) is 24.3 Å². The molecule has 0 atom stereocenters. The first kappa shape index (κ1) is 56.9. The largest absolute Gasteiger partial charge is 0.657 e. The van der Waals surface area contributed by atoms with Crippen molar-refractivity contribution in [3.05, 3.63) is 199 Å². The molecule has 2 aliphatic heterocycles. The van der Waals surface area contributed by atoms with Crippen LogP contribution in [-0.2, 0) is 25.1 Å². The quantitative estimate of drug-likeness (QED) is 0.0520. The molecule has 5 aromatic carbocycles. The Morgan fingerprint density at radius 1 is 0.358 bits per heavy atom. The van der Waals surface area contributed by atoms with Gasteiger partial charge < -0.3 is 9.97 Å². The van der Waals surface area contributed by atoms with Crippen LogP contribution in [0.5, 0.6) is 0 Å². The molecule has 0 radical (unpaired) electrons. The summed E-state index contributed by atoms with van der Waals surface area (Å²) in [4.78, 5) is 26.8. The topological polar surface area (TPSA) is 80.3 Å². The Kier molecular flexibility index (Phi) is 15.2. The first-order valence-corrected chi connectivity index (χ1v) is 22.8. The van der Waals surface area contributed by atoms with E-state index < -0.39 is 206 Å². The second-order valence-corrected chi connectivity index (χ2v) is 17.1. The molecule has 0 N–H and O–H groups in total. The number of hydrogen-bond acceptors (Lipinski definition) is 4. The SMILES string of the molecule is CCOC(=O)[C](=[Fe])c1ccccc1.Fc1c(F)c(F)c(-c2c3nc(c(-c4c(F)c(F)c(F)c(F)c4F)c4ccc([n-]4)c(-c4c(F)c(F)c(F)c(F)c4F)c4nc(c(-c5c(F)c(F)c(F)c(F)c5F)c5ccc2[n-]5)C=C4)C=C3)c(F)c1F. The predicted octanol–water partition coefficient (Wildman–Crippen LogP) is 14.7. The average molecular weight is 1190 g/mol. The Hall–Kier alpha value is -8.84. The van der Waals surface area contributed by atoms with E-state index in [1.165, 1.54) is 0 Å². The summed E-state index contributed by atoms with van der Waals surface area (Å²) in [5.74, 6) is -53.4. The molecule has 2 aliphatic rings. The van der Waals surface area contributed by atoms with Crippen molar-refractivity contribution in [3.63, 3.8) is 0 Å². The van der Waals surface area contributed by atoms with Crippen LogP contribution in [0.2, 0.25) is 0 Å². The number of aromatic nitrogens is 4. The van der Waals surface area contributed by atoms with E-state index in [0.717, 1.165) is 5.56 Å². The van der Waals surface area contributed by atoms with Crippen molar-refractivity contribution in [2.45, 2.75) is 6.92 Å². The van der Waals surface area contributed by atoms with E-state index in [1.807, 2.05) is 30.3 Å². The minimum atomic E-state index is -2.73. The fourth-order valence-electron chi connectivity index (χ4n) is 8.30. The third kappa shape index (κ3) is 9.41. The van der Waals surface area contributed by atoms with Crippen LogP contribution in [0.15, 0.2) is 54.6 Å². The molecule has 0 saturated carbocycles. The summed E-state index contributed by atoms with van der Waals surface area (Å²) in [7, 11) is 0. The monoisotopic (exact) mass is 1190 g/mol. The van der Waals surface area contributed by atoms with Crippen LogP contribution in [0.1, 0.15) is 35.3 Å². The van der Waals surface area contributed by atoms with Crippen molar-refractivity contribution in [2.75, 3.05) is 6.61 Å². The molecule has 81 heavy (non-hydrogen) atoms. The van der Waals surface area contributed by atoms with Gasteiger partial charge in [-0.05, 0) is 46.6 Å². The Balaban J connectivity index is 0.000000537. The average Bonchev–Trinajstić information content (AvgIpc) is 4.35. The molecule has 0 spiro atoms. The molecule has 0 fully saturated rings. The van der Waals surface area contributed by atoms with Gasteiger partial charge in [0.2, 0.25) is 23.3 Å². The summed E-state index contributed by atoms with van der Waals surface area (Å²) in [6.45, 7) is 2.15. The molecule has 0 aliphatic carbocycles. The van der Waals surface area contributed by atoms with Crippen molar-refractivity contribution in [1.82, 2.24) is 19.9 Å². The van der Waals surface area contributed by atoms with Gasteiger partial charge in [-0.2, -0.15) is 0 Å². The molecular weight excluding hydrogens is 1170 g/mol. The van der Waals surface area contributed by atoms with Gasteiger partial charge in [-0.3, -0.25) is 0 Å². The number of halogens is 20. The molecule has 5 heterocycles. The molecule has 6 nitrogen and oxygen atoms in total. The van der Waals surface area contributed by atoms with Gasteiger partial charge >= 0.3 is 84.9 Å². The molecule has 10 rings (SSSR count). The Morgan fingerprint density at radius 3 is 0.802 bits per heavy atom. The van der Waals surface area contributed by atoms with Crippen LogP contribution in [0.25, 0.3) is 90.9 Å². The molecule has 3 aromatic heterocycles. The Labute approximate surface area is 445 Å². The van der Waals surface area contributed by atoms with Gasteiger partial charge in [0.25, 0.3) is 0 Å². The number of carbonyl (C=O) groups excluding carboxylic acids is 1. The molecule has 0 unspecified atom stereocenters. The first-order valence-electron chi connectivity index (χ1n) is 22.2. The van der Waals surface area contributed by atoms with E-state index >= 15 is 35.1 Å². The molecular formula is C54H18F20FeN4O2-2. The van der Waals surface area contributed by atoms with Crippen LogP contribution >= 0.6 is 0 Å². The number of rotatable bonds is 7. The first-order chi connectivity index (χ1) is 38.3. The maximum Gasteiger partial charge on any atom is 0.200 e. The summed E-state index contributed by atoms with van der Waals surface area (Å²) < 4.78 is 308. The summed E-state index contributed by atoms with van der Waals surface area (Å²) in [6.07, 6.45) is 2.26. The van der Waals surface area contributed by atoms with Gasteiger partial charge in [0.05, 0.1) is 45.0 Å². The number of nitrogens with zero attached hydrogens (tertiary/aromatic N) is 4. The van der Waals surface area contributed by atoms with E-state index in [1.54, 1.807) is 6.92 Å². The molecule has 8 aromatic rings. The molecule has 416 valence electrons. The van der Waals surface area contributed by atoms with E-state index in [-0.39, 0.29) is 5.97 Å². The van der Waals surface area contributed by atoms with Gasteiger partial charge in [0, 0.05) is 0 Å². The number of benzene rings is 5. The van der Waals surface area contributed by atoms with Crippen LogP contribution in [-0.4, -0.2) is 27.0 Å². The number of esters is 1. The van der Waals surface area contributed by atoms with Crippen LogP contribution in [0, 0.1) is 116 Å². The van der Waals surface area contributed by atoms with Gasteiger partial charge in [-0.15, -0.1) is 22.1 Å². The maximum absolute atomic E-state index is 15.8. The minimum absolute atomic E-state index is 0.353. The van der Waals surface area contributed by atoms with Gasteiger partial charge in [0.15, 0.2) is 93.1 Å². The standard InChI is InChI=1S/C44H8F20N4.C10H10O2.Fe/c45-25-21(26(46)34(54)41(61)33(25)53)17-9-1-2-10(65-9)18(22-27(47)35(55)42(62)36(56)28(22)48)12-5-6-14(67-12)20(24-31(51)39(59)44(64)40(60)32(24)52)16-8-7-15(68-16)19(13-4-3-11(17)66-13)23-29(49)37(57)43(63)38(58)30(23)50;1-2-12-10(11)8-9-6-4-3-5-7-9;/h1-8H;3-7H,2H2,1H3;/q-2;;. The summed E-state index contributed by atoms with van der Waals surface area (Å²) in [5.41, 5.74) is -20.8. The van der Waals surface area contributed by atoms with E-state index in [9.17, 15) is 57.5 Å². The fraction of sp³-hybridized carbons (Fsp3) is 0.0370. The Bertz CT molecular complexity index is 3730. The van der Waals surface area contributed by atoms with Crippen LogP contribution in [0.4, 0.5) is 87.8 Å². The second-order valence-electron chi connectivity index (χ2n) is 16.5. The van der Waals surface area contributed by atoms with Crippen LogP contribution in [0.3, 0.4) is 0 Å². The van der Waals surface area contributed by atoms with Crippen molar-refractivity contribution in [2.24, 2.45) is 0 Å². The minimum Gasteiger partial charge on any atom is -0.657 e. The second kappa shape index (κ2) is 21.7. The summed E-state index contributed by atoms with van der Waals surface area (Å²) >= 11 is 3.67. The summed E-state index contributed by atoms with van der Waals surface area (Å²) in [6, 6.07) is 11.5. The third-order valence-corrected chi connectivity index (χ3v) is 12.5. The predicted molar refractivity (Wildman–Crippen MR) is 245 cm³/mol. The molecule has 0 amide bonds. The number of fused-ring (bicyclic) bond motifs is 8. The van der Waals surface area contributed by atoms with E-state index in [2.05, 4.69) is 35.5 Å². The van der Waals surface area contributed by atoms with E-state index in [4.69, 9.17) is 4.74 Å². The van der Waals surface area contributed by atoms with E-state index in [0.29, 0.717) is 59.6 Å². The summed E-state index contributed by atoms with van der Waals surface area (Å²) in [5, 5.41) is 0. The number of ether oxygens (including phenoxy) is 1. The van der Waals surface area contributed by atoms with Crippen molar-refractivity contribution >= 4 is 56.8 Å². The molecule has 0 saturated heterocycles. The van der Waals surface area contributed by atoms with Crippen molar-refractivity contribution in [1.29, 1.82) is 0 Å². The van der Waals surface area contributed by atoms with Gasteiger partial charge in [-0.25, -0.2) is 97.8 Å². The zero-order valence-electron chi connectivity index (χ0n) is 39.2. The Morgan fingerprint density at radius 2 is 0.580 bits per heavy atom. The molecule has 8 bridgehead atoms. The third-order valence-electron chi connectivity index (χ3n) is 11.9. The molecule has 27 heteroatoms. The normalized spacial score (nSPS) is 11.8. The van der Waals surface area contributed by atoms with Gasteiger partial charge in [0.1, 0.15) is 0 Å². The zero-order chi connectivity index (χ0) is 59.0. The number of carbonyl (C=O) groups is 1. The maximum atomic E-state index is 15.8. The van der Waals surface area contributed by atoms with Crippen molar-refractivity contribution < 1.29 is 113 Å².